The van der Waals surface area contributed by atoms with Gasteiger partial charge in [-0.05, 0) is 6.04 Å². The van der Waals surface area contributed by atoms with Crippen LogP contribution in [0.15, 0.2) is 24.3 Å². The minimum absolute atomic E-state index is 0. The van der Waals surface area contributed by atoms with Gasteiger partial charge in [0.25, 0.3) is 0 Å². The Balaban J connectivity index is -0.000000299. The summed E-state index contributed by atoms with van der Waals surface area (Å²) in [6.45, 7) is 12.4. The third-order valence-electron chi connectivity index (χ3n) is 2.37. The zero-order chi connectivity index (χ0) is 11.8. The van der Waals surface area contributed by atoms with E-state index in [0.29, 0.717) is 6.04 Å². The zero-order valence-corrected chi connectivity index (χ0v) is 14.3. The van der Waals surface area contributed by atoms with Gasteiger partial charge in [-0.1, -0.05) is 59.4 Å². The number of para-hydroxylation sites is 1. The van der Waals surface area contributed by atoms with E-state index in [1.807, 2.05) is 27.7 Å². The molecule has 0 fully saturated rings. The third kappa shape index (κ3) is 4.47. The van der Waals surface area contributed by atoms with Gasteiger partial charge in [-0.25, -0.2) is 0 Å². The van der Waals surface area contributed by atoms with E-state index in [9.17, 15) is 0 Å². The minimum atomic E-state index is 0. The van der Waals surface area contributed by atoms with Crippen LogP contribution in [0.5, 0.6) is 0 Å². The Morgan fingerprint density at radius 1 is 1.12 bits per heavy atom. The van der Waals surface area contributed by atoms with Crippen LogP contribution in [0.4, 0.5) is 5.69 Å². The van der Waals surface area contributed by atoms with Crippen LogP contribution in [0.3, 0.4) is 0 Å². The number of benzene rings is 1. The van der Waals surface area contributed by atoms with Crippen LogP contribution in [0.25, 0.3) is 0 Å². The molecule has 1 aliphatic heterocycles. The molecule has 1 N–H and O–H groups in total. The van der Waals surface area contributed by atoms with Crippen molar-refractivity contribution < 1.29 is 34.1 Å². The standard InChI is InChI=1S/C10H12N.2C2H6.Y/c1-7-8(2)11-10-6-4-3-5-9(7)10;2*1-2;/h3-6,8,11H,1-2H3;2*1-2H3;/q-1;;;/p+1/i/hD. The van der Waals surface area contributed by atoms with Crippen molar-refractivity contribution in [3.8, 4) is 0 Å². The van der Waals surface area contributed by atoms with Crippen molar-refractivity contribution >= 4 is 5.69 Å². The number of hydrogen-bond acceptors (Lipinski definition) is 1. The number of nitrogens with one attached hydrogen (secondary N) is 1. The fourth-order valence-electron chi connectivity index (χ4n) is 1.53. The maximum Gasteiger partial charge on any atom is 1.00 e. The van der Waals surface area contributed by atoms with E-state index in [1.165, 1.54) is 17.2 Å². The van der Waals surface area contributed by atoms with Gasteiger partial charge in [0.05, 0.1) is 0 Å². The maximum atomic E-state index is 3.41. The molecule has 89 valence electrons. The van der Waals surface area contributed by atoms with Crippen molar-refractivity contribution in [2.75, 3.05) is 5.32 Å². The van der Waals surface area contributed by atoms with Crippen LogP contribution in [-0.4, -0.2) is 6.04 Å². The molecule has 0 bridgehead atoms. The quantitative estimate of drug-likeness (QED) is 0.690. The van der Waals surface area contributed by atoms with E-state index in [0.717, 1.165) is 0 Å². The van der Waals surface area contributed by atoms with Gasteiger partial charge in [-0.15, -0.1) is 6.07 Å². The van der Waals surface area contributed by atoms with Crippen LogP contribution < -0.4 is 5.32 Å². The molecular weight excluding hydrogens is 271 g/mol. The molecule has 1 unspecified atom stereocenters. The van der Waals surface area contributed by atoms with Gasteiger partial charge in [0.15, 0.2) is 0 Å². The first-order chi connectivity index (χ1) is 7.29. The number of fused-ring (bicyclic) bond motifs is 1. The fraction of sp³-hybridized carbons (Fsp3) is 0.500. The van der Waals surface area contributed by atoms with E-state index in [-0.39, 0.29) is 34.1 Å². The molecule has 1 aliphatic rings. The van der Waals surface area contributed by atoms with E-state index < -0.39 is 0 Å². The first kappa shape index (κ1) is 18.4. The molecule has 0 saturated carbocycles. The van der Waals surface area contributed by atoms with Crippen LogP contribution >= 0.6 is 0 Å². The van der Waals surface area contributed by atoms with Crippen molar-refractivity contribution in [3.05, 3.63) is 35.7 Å². The molecule has 1 nitrogen and oxygen atoms in total. The SMILES string of the molecule is CC.CC.C[C-]1c2ccccc2NC1C.[2H+].[Y]. The Morgan fingerprint density at radius 2 is 1.62 bits per heavy atom. The molecule has 2 heteroatoms. The molecule has 0 saturated heterocycles. The van der Waals surface area contributed by atoms with Gasteiger partial charge in [-0.3, -0.25) is 0 Å². The van der Waals surface area contributed by atoms with E-state index in [1.54, 1.807) is 0 Å². The van der Waals surface area contributed by atoms with Gasteiger partial charge in [0.2, 0.25) is 0 Å². The largest absolute Gasteiger partial charge is 1.00 e. The fourth-order valence-corrected chi connectivity index (χ4v) is 1.53. The predicted octanol–water partition coefficient (Wildman–Crippen LogP) is 4.61. The smallest absolute Gasteiger partial charge is 0.440 e. The average Bonchev–Trinajstić information content (AvgIpc) is 2.61. The second-order valence-corrected chi connectivity index (χ2v) is 3.09. The van der Waals surface area contributed by atoms with Crippen molar-refractivity contribution in [1.29, 1.82) is 0 Å². The predicted molar refractivity (Wildman–Crippen MR) is 71.4 cm³/mol. The molecule has 1 atom stereocenters. The third-order valence-corrected chi connectivity index (χ3v) is 2.37. The molecule has 0 aliphatic carbocycles. The van der Waals surface area contributed by atoms with Crippen molar-refractivity contribution in [3.63, 3.8) is 0 Å². The molecule has 0 spiro atoms. The summed E-state index contributed by atoms with van der Waals surface area (Å²) in [5.74, 6) is 1.44. The minimum Gasteiger partial charge on any atom is -0.440 e. The second-order valence-electron chi connectivity index (χ2n) is 3.09. The number of rotatable bonds is 0. The molecule has 0 amide bonds. The molecule has 1 radical (unpaired) electrons. The van der Waals surface area contributed by atoms with E-state index >= 15 is 0 Å². The van der Waals surface area contributed by atoms with Gasteiger partial charge >= 0.3 is 1.43 Å². The summed E-state index contributed by atoms with van der Waals surface area (Å²) < 4.78 is 0. The molecule has 0 aromatic heterocycles. The Kier molecular flexibility index (Phi) is 11.7. The Labute approximate surface area is 128 Å². The monoisotopic (exact) mass is 297 g/mol. The van der Waals surface area contributed by atoms with E-state index in [2.05, 4.69) is 43.4 Å². The molecule has 1 aromatic carbocycles. The van der Waals surface area contributed by atoms with Gasteiger partial charge in [-0.2, -0.15) is 17.5 Å². The van der Waals surface area contributed by atoms with Crippen LogP contribution in [0, 0.1) is 5.92 Å². The molecular formula is C14H25NY. The Hall–Kier alpha value is -0.00610. The van der Waals surface area contributed by atoms with Crippen LogP contribution in [0.2, 0.25) is 0 Å². The molecule has 2 rings (SSSR count). The summed E-state index contributed by atoms with van der Waals surface area (Å²) in [5.41, 5.74) is 2.65. The van der Waals surface area contributed by atoms with Crippen LogP contribution in [0.1, 0.15) is 48.5 Å². The first-order valence-electron chi connectivity index (χ1n) is 5.98. The molecule has 1 heterocycles. The first-order valence-corrected chi connectivity index (χ1v) is 5.98. The number of hydrogen-bond donors (Lipinski definition) is 1. The number of anilines is 1. The zero-order valence-electron chi connectivity index (χ0n) is 12.5. The van der Waals surface area contributed by atoms with E-state index in [4.69, 9.17) is 0 Å². The summed E-state index contributed by atoms with van der Waals surface area (Å²) in [5, 5.41) is 3.41. The van der Waals surface area contributed by atoms with Gasteiger partial charge < -0.3 is 5.32 Å². The Morgan fingerprint density at radius 3 is 2.12 bits per heavy atom. The average molecular weight is 297 g/mol. The summed E-state index contributed by atoms with van der Waals surface area (Å²) in [4.78, 5) is 0. The van der Waals surface area contributed by atoms with Gasteiger partial charge in [0, 0.05) is 32.7 Å². The van der Waals surface area contributed by atoms with Crippen molar-refractivity contribution in [1.82, 2.24) is 0 Å². The topological polar surface area (TPSA) is 12.0 Å². The van der Waals surface area contributed by atoms with Gasteiger partial charge in [0.1, 0.15) is 0 Å². The van der Waals surface area contributed by atoms with Crippen molar-refractivity contribution in [2.24, 2.45) is 0 Å². The summed E-state index contributed by atoms with van der Waals surface area (Å²) >= 11 is 0. The summed E-state index contributed by atoms with van der Waals surface area (Å²) in [7, 11) is 0. The normalized spacial score (nSPS) is 15.4. The Bertz CT molecular complexity index is 279. The van der Waals surface area contributed by atoms with Crippen molar-refractivity contribution in [2.45, 2.75) is 47.6 Å². The molecule has 1 aromatic rings. The summed E-state index contributed by atoms with van der Waals surface area (Å²) in [6.07, 6.45) is 0. The molecule has 16 heavy (non-hydrogen) atoms. The summed E-state index contributed by atoms with van der Waals surface area (Å²) in [6, 6.07) is 8.95. The second kappa shape index (κ2) is 10.2. The van der Waals surface area contributed by atoms with Crippen LogP contribution in [-0.2, 0) is 32.7 Å². The maximum absolute atomic E-state index is 3.41.